The molecule has 0 N–H and O–H groups in total. The summed E-state index contributed by atoms with van der Waals surface area (Å²) in [4.78, 5) is 37.2. The third kappa shape index (κ3) is 1.98. The van der Waals surface area contributed by atoms with Crippen molar-refractivity contribution in [3.05, 3.63) is 24.3 Å². The maximum Gasteiger partial charge on any atom is 0.260 e. The molecule has 3 rings (SSSR count). The highest BCUT2D eigenvalue weighted by molar-refractivity contribution is 6.02. The van der Waals surface area contributed by atoms with E-state index in [1.54, 1.807) is 23.5 Å². The molecule has 1 aliphatic carbocycles. The Morgan fingerprint density at radius 3 is 2.85 bits per heavy atom. The van der Waals surface area contributed by atoms with Crippen LogP contribution in [0.4, 0.5) is 4.53 Å². The molecule has 0 bridgehead atoms. The van der Waals surface area contributed by atoms with Gasteiger partial charge in [0.25, 0.3) is 5.91 Å². The largest absolute Gasteiger partial charge is 0.331 e. The lowest BCUT2D eigenvalue weighted by molar-refractivity contribution is -0.253. The summed E-state index contributed by atoms with van der Waals surface area (Å²) in [5.41, 5.74) is -0.931. The van der Waals surface area contributed by atoms with Gasteiger partial charge in [-0.2, -0.15) is 4.94 Å². The van der Waals surface area contributed by atoms with E-state index in [4.69, 9.17) is 0 Å². The van der Waals surface area contributed by atoms with E-state index >= 15 is 0 Å². The Kier molecular flexibility index (Phi) is 3.21. The van der Waals surface area contributed by atoms with E-state index in [-0.39, 0.29) is 24.7 Å². The minimum atomic E-state index is -1.61. The Morgan fingerprint density at radius 1 is 1.45 bits per heavy atom. The summed E-state index contributed by atoms with van der Waals surface area (Å²) in [6, 6.07) is -0.223. The first kappa shape index (κ1) is 13.1. The second kappa shape index (κ2) is 4.90. The van der Waals surface area contributed by atoms with Gasteiger partial charge >= 0.3 is 0 Å². The van der Waals surface area contributed by atoms with Crippen LogP contribution in [0.15, 0.2) is 18.6 Å². The van der Waals surface area contributed by atoms with Gasteiger partial charge in [-0.25, -0.2) is 0 Å². The van der Waals surface area contributed by atoms with E-state index in [1.165, 1.54) is 0 Å². The molecule has 106 valence electrons. The van der Waals surface area contributed by atoms with Crippen molar-refractivity contribution in [1.82, 2.24) is 14.9 Å². The summed E-state index contributed by atoms with van der Waals surface area (Å²) < 4.78 is 12.8. The van der Waals surface area contributed by atoms with Gasteiger partial charge in [-0.3, -0.25) is 19.6 Å². The third-order valence-electron chi connectivity index (χ3n) is 3.94. The van der Waals surface area contributed by atoms with E-state index in [9.17, 15) is 14.1 Å². The summed E-state index contributed by atoms with van der Waals surface area (Å²) in [6.07, 6.45) is 5.90. The molecule has 0 spiro atoms. The Bertz CT molecular complexity index is 529. The molecule has 1 aromatic heterocycles. The van der Waals surface area contributed by atoms with Gasteiger partial charge in [0.1, 0.15) is 5.78 Å². The molecule has 20 heavy (non-hydrogen) atoms. The van der Waals surface area contributed by atoms with E-state index < -0.39 is 11.5 Å². The minimum absolute atomic E-state index is 0.161. The van der Waals surface area contributed by atoms with Crippen LogP contribution < -0.4 is 0 Å². The van der Waals surface area contributed by atoms with E-state index in [2.05, 4.69) is 14.9 Å². The van der Waals surface area contributed by atoms with Crippen molar-refractivity contribution in [2.45, 2.75) is 37.3 Å². The molecule has 1 unspecified atom stereocenters. The SMILES string of the molecule is O=C1CC(OF)(C(=O)N2CCCC2c2cnccn2)C1. The van der Waals surface area contributed by atoms with Crippen LogP contribution in [0.25, 0.3) is 0 Å². The van der Waals surface area contributed by atoms with Gasteiger partial charge in [-0.05, 0) is 17.4 Å². The summed E-state index contributed by atoms with van der Waals surface area (Å²) >= 11 is 0. The number of hydrogen-bond acceptors (Lipinski definition) is 5. The number of likely N-dealkylation sites (tertiary alicyclic amines) is 1. The highest BCUT2D eigenvalue weighted by Crippen LogP contribution is 2.40. The number of aromatic nitrogens is 2. The first-order chi connectivity index (χ1) is 9.66. The molecule has 7 heteroatoms. The molecule has 0 radical (unpaired) electrons. The van der Waals surface area contributed by atoms with Crippen LogP contribution in [0.3, 0.4) is 0 Å². The van der Waals surface area contributed by atoms with Gasteiger partial charge in [-0.15, -0.1) is 0 Å². The Hall–Kier alpha value is -1.89. The first-order valence-corrected chi connectivity index (χ1v) is 6.55. The van der Waals surface area contributed by atoms with Crippen molar-refractivity contribution in [2.24, 2.45) is 0 Å². The predicted molar refractivity (Wildman–Crippen MR) is 64.9 cm³/mol. The van der Waals surface area contributed by atoms with E-state index in [1.807, 2.05) is 0 Å². The summed E-state index contributed by atoms with van der Waals surface area (Å²) in [5, 5.41) is 0. The van der Waals surface area contributed by atoms with Crippen LogP contribution >= 0.6 is 0 Å². The molecule has 1 aromatic rings. The van der Waals surface area contributed by atoms with Crippen molar-refractivity contribution >= 4 is 11.7 Å². The predicted octanol–water partition coefficient (Wildman–Crippen LogP) is 1.14. The second-order valence-corrected chi connectivity index (χ2v) is 5.25. The zero-order valence-electron chi connectivity index (χ0n) is 10.8. The van der Waals surface area contributed by atoms with E-state index in [0.717, 1.165) is 12.8 Å². The van der Waals surface area contributed by atoms with Gasteiger partial charge in [0, 0.05) is 31.8 Å². The molecule has 1 saturated heterocycles. The number of amides is 1. The maximum atomic E-state index is 12.8. The summed E-state index contributed by atoms with van der Waals surface area (Å²) in [6.45, 7) is 0.513. The van der Waals surface area contributed by atoms with Crippen LogP contribution in [0, 0.1) is 0 Å². The van der Waals surface area contributed by atoms with Crippen molar-refractivity contribution in [1.29, 1.82) is 0 Å². The fraction of sp³-hybridized carbons (Fsp3) is 0.538. The van der Waals surface area contributed by atoms with Crippen molar-refractivity contribution in [3.63, 3.8) is 0 Å². The fourth-order valence-corrected chi connectivity index (χ4v) is 2.89. The number of nitrogens with zero attached hydrogens (tertiary/aromatic N) is 3. The van der Waals surface area contributed by atoms with Crippen LogP contribution in [0.1, 0.15) is 37.4 Å². The highest BCUT2D eigenvalue weighted by Gasteiger charge is 2.56. The number of carbonyl (C=O) groups excluding carboxylic acids is 2. The van der Waals surface area contributed by atoms with E-state index in [0.29, 0.717) is 12.2 Å². The van der Waals surface area contributed by atoms with Gasteiger partial charge < -0.3 is 4.90 Å². The topological polar surface area (TPSA) is 72.4 Å². The summed E-state index contributed by atoms with van der Waals surface area (Å²) in [7, 11) is 0. The third-order valence-corrected chi connectivity index (χ3v) is 3.94. The normalized spacial score (nSPS) is 24.6. The smallest absolute Gasteiger partial charge is 0.260 e. The Labute approximate surface area is 114 Å². The van der Waals surface area contributed by atoms with Gasteiger partial charge in [0.15, 0.2) is 0 Å². The Balaban J connectivity index is 1.82. The van der Waals surface area contributed by atoms with Crippen LogP contribution in [-0.2, 0) is 14.5 Å². The molecule has 1 saturated carbocycles. The second-order valence-electron chi connectivity index (χ2n) is 5.25. The lowest BCUT2D eigenvalue weighted by Gasteiger charge is -2.38. The number of rotatable bonds is 3. The Morgan fingerprint density at radius 2 is 2.25 bits per heavy atom. The monoisotopic (exact) mass is 279 g/mol. The zero-order chi connectivity index (χ0) is 14.2. The number of hydrogen-bond donors (Lipinski definition) is 0. The van der Waals surface area contributed by atoms with Crippen molar-refractivity contribution < 1.29 is 19.1 Å². The van der Waals surface area contributed by atoms with Crippen molar-refractivity contribution in [3.8, 4) is 0 Å². The van der Waals surface area contributed by atoms with Gasteiger partial charge in [0.2, 0.25) is 5.60 Å². The standard InChI is InChI=1S/C13H14FN3O3/c14-20-13(6-9(18)7-13)12(19)17-5-1-2-11(17)10-8-15-3-4-16-10/h3-4,8,11H,1-2,5-7H2. The van der Waals surface area contributed by atoms with Crippen LogP contribution in [0.2, 0.25) is 0 Å². The molecule has 1 amide bonds. The van der Waals surface area contributed by atoms with Gasteiger partial charge in [0.05, 0.1) is 17.9 Å². The molecule has 0 aromatic carbocycles. The van der Waals surface area contributed by atoms with Gasteiger partial charge in [-0.1, -0.05) is 0 Å². The van der Waals surface area contributed by atoms with Crippen molar-refractivity contribution in [2.75, 3.05) is 6.54 Å². The lowest BCUT2D eigenvalue weighted by atomic mass is 9.77. The average molecular weight is 279 g/mol. The molecular weight excluding hydrogens is 265 g/mol. The average Bonchev–Trinajstić information content (AvgIpc) is 2.93. The number of carbonyl (C=O) groups is 2. The number of halogens is 1. The summed E-state index contributed by atoms with van der Waals surface area (Å²) in [5.74, 6) is -0.626. The molecule has 1 aliphatic heterocycles. The molecule has 2 aliphatic rings. The highest BCUT2D eigenvalue weighted by atomic mass is 19.3. The molecule has 6 nitrogen and oxygen atoms in total. The fourth-order valence-electron chi connectivity index (χ4n) is 2.89. The quantitative estimate of drug-likeness (QED) is 0.829. The molecule has 2 heterocycles. The molecular formula is C13H14FN3O3. The maximum absolute atomic E-state index is 12.8. The zero-order valence-corrected chi connectivity index (χ0v) is 10.8. The van der Waals surface area contributed by atoms with Crippen LogP contribution in [-0.4, -0.2) is 38.7 Å². The lowest BCUT2D eigenvalue weighted by Crippen LogP contribution is -2.57. The van der Waals surface area contributed by atoms with Crippen LogP contribution in [0.5, 0.6) is 0 Å². The molecule has 1 atom stereocenters. The first-order valence-electron chi connectivity index (χ1n) is 6.55. The minimum Gasteiger partial charge on any atom is -0.331 e. The number of ketones is 1. The number of Topliss-reactive ketones (excluding diaryl/α,β-unsaturated/α-hetero) is 1. The molecule has 2 fully saturated rings.